The number of hydrogen-bond acceptors (Lipinski definition) is 5. The van der Waals surface area contributed by atoms with Gasteiger partial charge in [-0.3, -0.25) is 4.79 Å². The van der Waals surface area contributed by atoms with Gasteiger partial charge in [-0.2, -0.15) is 8.78 Å². The van der Waals surface area contributed by atoms with Gasteiger partial charge in [-0.05, 0) is 48.0 Å². The molecule has 0 fully saturated rings. The van der Waals surface area contributed by atoms with Crippen LogP contribution in [0, 0.1) is 0 Å². The Balaban J connectivity index is 1.83. The molecule has 2 aromatic rings. The van der Waals surface area contributed by atoms with Crippen molar-refractivity contribution in [2.45, 2.75) is 6.61 Å². The van der Waals surface area contributed by atoms with Crippen molar-refractivity contribution in [1.82, 2.24) is 0 Å². The summed E-state index contributed by atoms with van der Waals surface area (Å²) in [7, 11) is 1.52. The monoisotopic (exact) mass is 362 g/mol. The van der Waals surface area contributed by atoms with Gasteiger partial charge >= 0.3 is 12.6 Å². The molecule has 0 radical (unpaired) electrons. The van der Waals surface area contributed by atoms with Gasteiger partial charge in [0.05, 0.1) is 7.11 Å². The molecule has 0 heterocycles. The van der Waals surface area contributed by atoms with Crippen LogP contribution < -0.4 is 9.47 Å². The Labute approximate surface area is 148 Å². The van der Waals surface area contributed by atoms with Crippen LogP contribution in [-0.2, 0) is 9.53 Å². The van der Waals surface area contributed by atoms with E-state index in [-0.39, 0.29) is 11.5 Å². The Morgan fingerprint density at radius 2 is 1.62 bits per heavy atom. The lowest BCUT2D eigenvalue weighted by Gasteiger charge is -2.04. The van der Waals surface area contributed by atoms with E-state index in [2.05, 4.69) is 4.74 Å². The summed E-state index contributed by atoms with van der Waals surface area (Å²) in [5.41, 5.74) is 0.988. The first kappa shape index (κ1) is 19.1. The number of halogens is 2. The topological polar surface area (TPSA) is 61.8 Å². The number of esters is 1. The Bertz CT molecular complexity index is 768. The van der Waals surface area contributed by atoms with Gasteiger partial charge in [0.25, 0.3) is 0 Å². The lowest BCUT2D eigenvalue weighted by Crippen LogP contribution is -2.12. The van der Waals surface area contributed by atoms with Gasteiger partial charge in [0.1, 0.15) is 11.5 Å². The average molecular weight is 362 g/mol. The van der Waals surface area contributed by atoms with Gasteiger partial charge < -0.3 is 14.2 Å². The van der Waals surface area contributed by atoms with Crippen molar-refractivity contribution in [3.8, 4) is 11.5 Å². The van der Waals surface area contributed by atoms with Crippen LogP contribution >= 0.6 is 0 Å². The molecule has 2 rings (SSSR count). The summed E-state index contributed by atoms with van der Waals surface area (Å²) in [6.45, 7) is -3.29. The molecule has 5 nitrogen and oxygen atoms in total. The quantitative estimate of drug-likeness (QED) is 0.407. The van der Waals surface area contributed by atoms with Gasteiger partial charge in [0, 0.05) is 11.6 Å². The van der Waals surface area contributed by atoms with E-state index in [0.29, 0.717) is 16.9 Å². The van der Waals surface area contributed by atoms with Crippen LogP contribution in [0.25, 0.3) is 6.08 Å². The molecule has 7 heteroatoms. The fourth-order valence-electron chi connectivity index (χ4n) is 1.97. The summed E-state index contributed by atoms with van der Waals surface area (Å²) in [5.74, 6) is -0.404. The number of ether oxygens (including phenoxy) is 3. The number of ketones is 1. The zero-order valence-corrected chi connectivity index (χ0v) is 13.9. The van der Waals surface area contributed by atoms with Gasteiger partial charge in [0.15, 0.2) is 12.4 Å². The van der Waals surface area contributed by atoms with Crippen LogP contribution in [-0.4, -0.2) is 32.1 Å². The summed E-state index contributed by atoms with van der Waals surface area (Å²) < 4.78 is 38.2. The fraction of sp³-hybridized carbons (Fsp3) is 0.158. The molecular formula is C19H16F2O5. The maximum atomic E-state index is 12.1. The van der Waals surface area contributed by atoms with E-state index in [4.69, 9.17) is 9.47 Å². The van der Waals surface area contributed by atoms with Crippen molar-refractivity contribution in [3.05, 3.63) is 65.7 Å². The van der Waals surface area contributed by atoms with Crippen molar-refractivity contribution in [2.75, 3.05) is 13.7 Å². The minimum atomic E-state index is -2.89. The number of hydrogen-bond donors (Lipinski definition) is 0. The van der Waals surface area contributed by atoms with Gasteiger partial charge in [-0.25, -0.2) is 4.79 Å². The maximum Gasteiger partial charge on any atom is 0.387 e. The highest BCUT2D eigenvalue weighted by Gasteiger charge is 2.08. The van der Waals surface area contributed by atoms with E-state index in [1.54, 1.807) is 24.3 Å². The molecule has 136 valence electrons. The second kappa shape index (κ2) is 9.31. The number of rotatable bonds is 8. The number of benzene rings is 2. The molecule has 0 aromatic heterocycles. The fourth-order valence-corrected chi connectivity index (χ4v) is 1.97. The number of Topliss-reactive ketones (excluding diaryl/α,β-unsaturated/α-hetero) is 1. The summed E-state index contributed by atoms with van der Waals surface area (Å²) >= 11 is 0. The zero-order valence-electron chi connectivity index (χ0n) is 13.9. The van der Waals surface area contributed by atoms with E-state index < -0.39 is 19.2 Å². The van der Waals surface area contributed by atoms with Crippen molar-refractivity contribution in [2.24, 2.45) is 0 Å². The second-order valence-electron chi connectivity index (χ2n) is 5.04. The minimum Gasteiger partial charge on any atom is -0.497 e. The van der Waals surface area contributed by atoms with Crippen LogP contribution in [0.3, 0.4) is 0 Å². The molecule has 0 aliphatic rings. The first-order chi connectivity index (χ1) is 12.5. The Morgan fingerprint density at radius 3 is 2.19 bits per heavy atom. The first-order valence-electron chi connectivity index (χ1n) is 7.55. The van der Waals surface area contributed by atoms with E-state index in [1.807, 2.05) is 0 Å². The molecule has 26 heavy (non-hydrogen) atoms. The highest BCUT2D eigenvalue weighted by atomic mass is 19.3. The average Bonchev–Trinajstić information content (AvgIpc) is 2.65. The van der Waals surface area contributed by atoms with Crippen LogP contribution in [0.15, 0.2) is 54.6 Å². The Kier molecular flexibility index (Phi) is 6.84. The third-order valence-corrected chi connectivity index (χ3v) is 3.27. The standard InChI is InChI=1S/C19H16F2O5/c1-24-15-9-5-14(6-10-15)17(22)12-25-18(23)11-4-13-2-7-16(8-3-13)26-19(20)21/h2-11,19H,12H2,1H3/b11-4+. The molecule has 0 N–H and O–H groups in total. The predicted molar refractivity (Wildman–Crippen MR) is 90.4 cm³/mol. The zero-order chi connectivity index (χ0) is 18.9. The molecule has 0 spiro atoms. The SMILES string of the molecule is COc1ccc(C(=O)COC(=O)/C=C/c2ccc(OC(F)F)cc2)cc1. The first-order valence-corrected chi connectivity index (χ1v) is 7.55. The van der Waals surface area contributed by atoms with Gasteiger partial charge in [0.2, 0.25) is 0 Å². The Morgan fingerprint density at radius 1 is 1.00 bits per heavy atom. The van der Waals surface area contributed by atoms with E-state index in [0.717, 1.165) is 6.08 Å². The van der Waals surface area contributed by atoms with Crippen molar-refractivity contribution in [3.63, 3.8) is 0 Å². The second-order valence-corrected chi connectivity index (χ2v) is 5.04. The molecule has 0 unspecified atom stereocenters. The van der Waals surface area contributed by atoms with Crippen molar-refractivity contribution < 1.29 is 32.6 Å². The number of carbonyl (C=O) groups is 2. The maximum absolute atomic E-state index is 12.1. The third kappa shape index (κ3) is 6.01. The van der Waals surface area contributed by atoms with E-state index in [9.17, 15) is 18.4 Å². The van der Waals surface area contributed by atoms with Crippen LogP contribution in [0.4, 0.5) is 8.78 Å². The molecular weight excluding hydrogens is 346 g/mol. The number of carbonyl (C=O) groups excluding carboxylic acids is 2. The summed E-state index contributed by atoms with van der Waals surface area (Å²) in [5, 5.41) is 0. The highest BCUT2D eigenvalue weighted by Crippen LogP contribution is 2.16. The summed E-state index contributed by atoms with van der Waals surface area (Å²) in [4.78, 5) is 23.6. The molecule has 0 aliphatic heterocycles. The van der Waals surface area contributed by atoms with Gasteiger partial charge in [-0.1, -0.05) is 12.1 Å². The summed E-state index contributed by atoms with van der Waals surface area (Å²) in [6.07, 6.45) is 2.58. The van der Waals surface area contributed by atoms with Crippen LogP contribution in [0.1, 0.15) is 15.9 Å². The lowest BCUT2D eigenvalue weighted by molar-refractivity contribution is -0.136. The molecule has 0 saturated heterocycles. The summed E-state index contributed by atoms with van der Waals surface area (Å²) in [6, 6.07) is 12.1. The molecule has 2 aromatic carbocycles. The number of alkyl halides is 2. The predicted octanol–water partition coefficient (Wildman–Crippen LogP) is 3.74. The van der Waals surface area contributed by atoms with Gasteiger partial charge in [-0.15, -0.1) is 0 Å². The van der Waals surface area contributed by atoms with Crippen LogP contribution in [0.2, 0.25) is 0 Å². The largest absolute Gasteiger partial charge is 0.497 e. The minimum absolute atomic E-state index is 0.0183. The van der Waals surface area contributed by atoms with Crippen LogP contribution in [0.5, 0.6) is 11.5 Å². The normalized spacial score (nSPS) is 10.8. The molecule has 0 atom stereocenters. The third-order valence-electron chi connectivity index (χ3n) is 3.27. The smallest absolute Gasteiger partial charge is 0.387 e. The molecule has 0 amide bonds. The number of methoxy groups -OCH3 is 1. The van der Waals surface area contributed by atoms with Crippen molar-refractivity contribution >= 4 is 17.8 Å². The van der Waals surface area contributed by atoms with E-state index >= 15 is 0 Å². The molecule has 0 saturated carbocycles. The Hall–Kier alpha value is -3.22. The highest BCUT2D eigenvalue weighted by molar-refractivity contribution is 5.99. The molecule has 0 aliphatic carbocycles. The van der Waals surface area contributed by atoms with Crippen molar-refractivity contribution in [1.29, 1.82) is 0 Å². The van der Waals surface area contributed by atoms with E-state index in [1.165, 1.54) is 37.5 Å². The lowest BCUT2D eigenvalue weighted by atomic mass is 10.1. The molecule has 0 bridgehead atoms.